The van der Waals surface area contributed by atoms with Gasteiger partial charge in [-0.2, -0.15) is 13.2 Å². The number of amides is 3. The number of hydrogen-bond donors (Lipinski definition) is 4. The molecule has 8 nitrogen and oxygen atoms in total. The Kier molecular flexibility index (Phi) is 8.93. The number of carbonyl (C=O) groups excluding carboxylic acids is 2. The zero-order valence-corrected chi connectivity index (χ0v) is 18.4. The number of rotatable bonds is 8. The molecular weight excluding hydrogens is 441 g/mol. The fraction of sp³-hybridized carbons (Fsp3) is 0.636. The van der Waals surface area contributed by atoms with Crippen molar-refractivity contribution in [3.05, 3.63) is 29.8 Å². The minimum Gasteiger partial charge on any atom is -0.394 e. The second kappa shape index (κ2) is 11.7. The molecule has 2 saturated heterocycles. The fourth-order valence-corrected chi connectivity index (χ4v) is 4.16. The van der Waals surface area contributed by atoms with E-state index in [9.17, 15) is 27.9 Å². The Morgan fingerprint density at radius 1 is 1.12 bits per heavy atom. The van der Waals surface area contributed by atoms with Crippen LogP contribution in [0, 0.1) is 0 Å². The second-order valence-corrected chi connectivity index (χ2v) is 8.44. The van der Waals surface area contributed by atoms with Crippen LogP contribution in [0.3, 0.4) is 0 Å². The standard InChI is InChI=1S/C22H31F3N4O4/c23-22(24,25)15-3-5-16(6-4-15)27-21(32)28-18-8-7-17(33-19(18)14-30)13-20(31)26-9-12-29-10-1-2-11-29/h3-6,17-19,30H,1-2,7-14H2,(H,26,31)(H2,27,28,32)/t17-,18+,19-/m0/s1. The average Bonchev–Trinajstić information content (AvgIpc) is 3.28. The smallest absolute Gasteiger partial charge is 0.394 e. The largest absolute Gasteiger partial charge is 0.416 e. The number of nitrogens with one attached hydrogen (secondary N) is 3. The summed E-state index contributed by atoms with van der Waals surface area (Å²) < 4.78 is 43.7. The maximum Gasteiger partial charge on any atom is 0.416 e. The van der Waals surface area contributed by atoms with Crippen molar-refractivity contribution in [3.63, 3.8) is 0 Å². The Bertz CT molecular complexity index is 785. The van der Waals surface area contributed by atoms with E-state index >= 15 is 0 Å². The summed E-state index contributed by atoms with van der Waals surface area (Å²) in [4.78, 5) is 26.8. The maximum atomic E-state index is 12.6. The van der Waals surface area contributed by atoms with Crippen molar-refractivity contribution in [2.24, 2.45) is 0 Å². The highest BCUT2D eigenvalue weighted by molar-refractivity contribution is 5.89. The van der Waals surface area contributed by atoms with Crippen LogP contribution >= 0.6 is 0 Å². The van der Waals surface area contributed by atoms with Gasteiger partial charge in [0, 0.05) is 18.8 Å². The molecule has 0 aliphatic carbocycles. The molecule has 0 saturated carbocycles. The van der Waals surface area contributed by atoms with Crippen LogP contribution in [0.4, 0.5) is 23.7 Å². The van der Waals surface area contributed by atoms with Crippen molar-refractivity contribution in [2.75, 3.05) is 38.1 Å². The van der Waals surface area contributed by atoms with Crippen LogP contribution in [-0.4, -0.2) is 73.0 Å². The predicted molar refractivity (Wildman–Crippen MR) is 116 cm³/mol. The van der Waals surface area contributed by atoms with Crippen LogP contribution in [-0.2, 0) is 15.7 Å². The van der Waals surface area contributed by atoms with E-state index in [0.717, 1.165) is 31.8 Å². The number of anilines is 1. The number of ether oxygens (including phenoxy) is 1. The molecule has 33 heavy (non-hydrogen) atoms. The van der Waals surface area contributed by atoms with Crippen LogP contribution in [0.2, 0.25) is 0 Å². The summed E-state index contributed by atoms with van der Waals surface area (Å²) in [6, 6.07) is 3.01. The lowest BCUT2D eigenvalue weighted by molar-refractivity contribution is -0.137. The molecule has 0 spiro atoms. The zero-order chi connectivity index (χ0) is 23.8. The third kappa shape index (κ3) is 7.86. The van der Waals surface area contributed by atoms with Gasteiger partial charge in [0.2, 0.25) is 5.91 Å². The molecule has 2 heterocycles. The van der Waals surface area contributed by atoms with Gasteiger partial charge in [0.15, 0.2) is 0 Å². The number of urea groups is 1. The van der Waals surface area contributed by atoms with E-state index in [1.807, 2.05) is 0 Å². The first kappa shape index (κ1) is 25.3. The van der Waals surface area contributed by atoms with E-state index in [-0.39, 0.29) is 30.7 Å². The quantitative estimate of drug-likeness (QED) is 0.465. The van der Waals surface area contributed by atoms with E-state index in [4.69, 9.17) is 4.74 Å². The summed E-state index contributed by atoms with van der Waals surface area (Å²) in [6.07, 6.45) is -1.88. The number of hydrogen-bond acceptors (Lipinski definition) is 5. The van der Waals surface area contributed by atoms with E-state index < -0.39 is 29.9 Å². The van der Waals surface area contributed by atoms with E-state index in [1.165, 1.54) is 25.0 Å². The van der Waals surface area contributed by atoms with Gasteiger partial charge >= 0.3 is 12.2 Å². The Labute approximate surface area is 190 Å². The van der Waals surface area contributed by atoms with Crippen LogP contribution in [0.15, 0.2) is 24.3 Å². The maximum absolute atomic E-state index is 12.6. The van der Waals surface area contributed by atoms with Gasteiger partial charge in [-0.15, -0.1) is 0 Å². The molecule has 3 atom stereocenters. The summed E-state index contributed by atoms with van der Waals surface area (Å²) in [5.41, 5.74) is -0.595. The minimum absolute atomic E-state index is 0.109. The molecule has 11 heteroatoms. The topological polar surface area (TPSA) is 103 Å². The first-order valence-corrected chi connectivity index (χ1v) is 11.2. The molecule has 3 amide bonds. The van der Waals surface area contributed by atoms with E-state index in [1.54, 1.807) is 0 Å². The van der Waals surface area contributed by atoms with Crippen LogP contribution < -0.4 is 16.0 Å². The van der Waals surface area contributed by atoms with Crippen molar-refractivity contribution >= 4 is 17.6 Å². The molecule has 184 valence electrons. The van der Waals surface area contributed by atoms with Crippen molar-refractivity contribution < 1.29 is 32.6 Å². The first-order chi connectivity index (χ1) is 15.7. The number of halogens is 3. The lowest BCUT2D eigenvalue weighted by Gasteiger charge is -2.36. The second-order valence-electron chi connectivity index (χ2n) is 8.44. The molecule has 2 aliphatic rings. The summed E-state index contributed by atoms with van der Waals surface area (Å²) in [6.45, 7) is 3.22. The molecule has 1 aromatic carbocycles. The number of aliphatic hydroxyl groups excluding tert-OH is 1. The van der Waals surface area contributed by atoms with Crippen LogP contribution in [0.1, 0.15) is 37.7 Å². The van der Waals surface area contributed by atoms with Crippen molar-refractivity contribution in [1.82, 2.24) is 15.5 Å². The average molecular weight is 473 g/mol. The van der Waals surface area contributed by atoms with Gasteiger partial charge in [-0.1, -0.05) is 0 Å². The van der Waals surface area contributed by atoms with Gasteiger partial charge < -0.3 is 30.7 Å². The molecule has 0 aromatic heterocycles. The van der Waals surface area contributed by atoms with Crippen molar-refractivity contribution in [2.45, 2.75) is 56.5 Å². The third-order valence-corrected chi connectivity index (χ3v) is 5.94. The molecule has 1 aromatic rings. The molecule has 2 aliphatic heterocycles. The molecule has 0 radical (unpaired) electrons. The van der Waals surface area contributed by atoms with Gasteiger partial charge in [-0.25, -0.2) is 4.79 Å². The van der Waals surface area contributed by atoms with Gasteiger partial charge in [0.25, 0.3) is 0 Å². The Morgan fingerprint density at radius 3 is 2.45 bits per heavy atom. The zero-order valence-electron chi connectivity index (χ0n) is 18.4. The lowest BCUT2D eigenvalue weighted by atomic mass is 9.97. The number of aliphatic hydroxyl groups is 1. The van der Waals surface area contributed by atoms with Crippen LogP contribution in [0.25, 0.3) is 0 Å². The Hall–Kier alpha value is -2.37. The highest BCUT2D eigenvalue weighted by Gasteiger charge is 2.33. The minimum atomic E-state index is -4.45. The Morgan fingerprint density at radius 2 is 1.82 bits per heavy atom. The summed E-state index contributed by atoms with van der Waals surface area (Å²) >= 11 is 0. The fourth-order valence-electron chi connectivity index (χ4n) is 4.16. The normalized spacial score (nSPS) is 23.8. The lowest BCUT2D eigenvalue weighted by Crippen LogP contribution is -2.52. The molecule has 0 unspecified atom stereocenters. The summed E-state index contributed by atoms with van der Waals surface area (Å²) in [5.74, 6) is -0.109. The molecule has 2 fully saturated rings. The first-order valence-electron chi connectivity index (χ1n) is 11.2. The van der Waals surface area contributed by atoms with Gasteiger partial charge in [0.1, 0.15) is 6.10 Å². The van der Waals surface area contributed by atoms with E-state index in [0.29, 0.717) is 19.4 Å². The van der Waals surface area contributed by atoms with Crippen molar-refractivity contribution in [1.29, 1.82) is 0 Å². The molecular formula is C22H31F3N4O4. The van der Waals surface area contributed by atoms with Gasteiger partial charge in [-0.3, -0.25) is 4.79 Å². The molecule has 4 N–H and O–H groups in total. The number of nitrogens with zero attached hydrogens (tertiary/aromatic N) is 1. The predicted octanol–water partition coefficient (Wildman–Crippen LogP) is 2.34. The highest BCUT2D eigenvalue weighted by Crippen LogP contribution is 2.30. The van der Waals surface area contributed by atoms with Gasteiger partial charge in [0.05, 0.1) is 30.7 Å². The summed E-state index contributed by atoms with van der Waals surface area (Å²) in [7, 11) is 0. The number of carbonyl (C=O) groups is 2. The highest BCUT2D eigenvalue weighted by atomic mass is 19.4. The third-order valence-electron chi connectivity index (χ3n) is 5.94. The number of alkyl halides is 3. The number of likely N-dealkylation sites (tertiary alicyclic amines) is 1. The molecule has 3 rings (SSSR count). The van der Waals surface area contributed by atoms with Crippen molar-refractivity contribution in [3.8, 4) is 0 Å². The summed E-state index contributed by atoms with van der Waals surface area (Å²) in [5, 5.41) is 17.7. The Balaban J connectivity index is 1.40. The SMILES string of the molecule is O=C(C[C@@H]1CC[C@@H](NC(=O)Nc2ccc(C(F)(F)F)cc2)[C@H](CO)O1)NCCN1CCCC1. The monoisotopic (exact) mass is 472 g/mol. The van der Waals surface area contributed by atoms with Crippen LogP contribution in [0.5, 0.6) is 0 Å². The number of benzene rings is 1. The van der Waals surface area contributed by atoms with Gasteiger partial charge in [-0.05, 0) is 63.0 Å². The molecule has 0 bridgehead atoms. The van der Waals surface area contributed by atoms with E-state index in [2.05, 4.69) is 20.9 Å².